The Labute approximate surface area is 135 Å². The number of fused-ring (bicyclic) bond motifs is 4. The minimum Gasteiger partial charge on any atom is -0.390 e. The second-order valence-corrected chi connectivity index (χ2v) is 8.70. The molecular weight excluding hydrogens is 272 g/mol. The summed E-state index contributed by atoms with van der Waals surface area (Å²) in [6, 6.07) is 0. The minimum absolute atomic E-state index is 0.0709. The van der Waals surface area contributed by atoms with E-state index in [1.54, 1.807) is 5.57 Å². The first-order valence-electron chi connectivity index (χ1n) is 8.96. The Morgan fingerprint density at radius 3 is 2.68 bits per heavy atom. The fraction of sp³-hybridized carbons (Fsp3) is 0.800. The molecule has 0 saturated carbocycles. The maximum atomic E-state index is 10.8. The van der Waals surface area contributed by atoms with Gasteiger partial charge in [-0.15, -0.1) is 0 Å². The van der Waals surface area contributed by atoms with Crippen LogP contribution >= 0.6 is 0 Å². The fourth-order valence-electron chi connectivity index (χ4n) is 5.26. The van der Waals surface area contributed by atoms with Crippen molar-refractivity contribution in [1.29, 1.82) is 0 Å². The highest BCUT2D eigenvalue weighted by Crippen LogP contribution is 2.56. The Morgan fingerprint density at radius 2 is 2.00 bits per heavy atom. The van der Waals surface area contributed by atoms with E-state index in [1.165, 1.54) is 5.57 Å². The lowest BCUT2D eigenvalue weighted by Crippen LogP contribution is -2.52. The van der Waals surface area contributed by atoms with Gasteiger partial charge >= 0.3 is 0 Å². The molecule has 2 aliphatic heterocycles. The minimum atomic E-state index is -0.615. The van der Waals surface area contributed by atoms with Crippen LogP contribution in [0.15, 0.2) is 23.8 Å². The summed E-state index contributed by atoms with van der Waals surface area (Å²) in [7, 11) is 0. The van der Waals surface area contributed by atoms with Gasteiger partial charge in [-0.05, 0) is 44.4 Å². The van der Waals surface area contributed by atoms with Crippen molar-refractivity contribution in [1.82, 2.24) is 0 Å². The van der Waals surface area contributed by atoms with Crippen molar-refractivity contribution in [2.75, 3.05) is 0 Å². The lowest BCUT2D eigenvalue weighted by molar-refractivity contribution is -0.175. The zero-order valence-electron chi connectivity index (χ0n) is 14.7. The number of rotatable bonds is 1. The Balaban J connectivity index is 2.01. The number of hydrogen-bond donors (Lipinski definition) is 1. The van der Waals surface area contributed by atoms with E-state index in [1.807, 2.05) is 6.92 Å². The molecule has 1 N–H and O–H groups in total. The van der Waals surface area contributed by atoms with E-state index in [0.29, 0.717) is 11.8 Å². The van der Waals surface area contributed by atoms with Crippen molar-refractivity contribution < 1.29 is 9.84 Å². The summed E-state index contributed by atoms with van der Waals surface area (Å²) >= 11 is 0. The van der Waals surface area contributed by atoms with E-state index in [2.05, 4.69) is 33.4 Å². The molecule has 2 fully saturated rings. The van der Waals surface area contributed by atoms with Crippen LogP contribution in [0.5, 0.6) is 0 Å². The van der Waals surface area contributed by atoms with Gasteiger partial charge in [0, 0.05) is 18.3 Å². The molecule has 0 amide bonds. The van der Waals surface area contributed by atoms with Crippen LogP contribution in [0.4, 0.5) is 0 Å². The molecule has 1 aliphatic carbocycles. The van der Waals surface area contributed by atoms with Gasteiger partial charge in [-0.1, -0.05) is 44.6 Å². The lowest BCUT2D eigenvalue weighted by Gasteiger charge is -2.49. The molecule has 0 spiro atoms. The predicted molar refractivity (Wildman–Crippen MR) is 90.6 cm³/mol. The molecule has 3 rings (SSSR count). The molecule has 2 heterocycles. The molecule has 22 heavy (non-hydrogen) atoms. The number of aliphatic hydroxyl groups is 1. The average molecular weight is 304 g/mol. The summed E-state index contributed by atoms with van der Waals surface area (Å²) in [6.07, 6.45) is 8.47. The molecule has 3 aliphatic rings. The Hall–Kier alpha value is -0.600. The Bertz CT molecular complexity index is 488. The van der Waals surface area contributed by atoms with E-state index in [-0.39, 0.29) is 17.6 Å². The maximum absolute atomic E-state index is 10.8. The van der Waals surface area contributed by atoms with Gasteiger partial charge in [0.1, 0.15) is 0 Å². The third-order valence-electron chi connectivity index (χ3n) is 6.47. The molecule has 0 radical (unpaired) electrons. The van der Waals surface area contributed by atoms with Crippen LogP contribution in [0.2, 0.25) is 0 Å². The summed E-state index contributed by atoms with van der Waals surface area (Å²) in [5.74, 6) is 1.25. The molecule has 2 nitrogen and oxygen atoms in total. The summed E-state index contributed by atoms with van der Waals surface area (Å²) < 4.78 is 6.55. The smallest absolute Gasteiger partial charge is 0.0699 e. The van der Waals surface area contributed by atoms with E-state index >= 15 is 0 Å². The first-order valence-corrected chi connectivity index (χ1v) is 8.96. The predicted octanol–water partition coefficient (Wildman–Crippen LogP) is 4.63. The number of allylic oxidation sites excluding steroid dienone is 1. The molecular formula is C20H32O2. The second-order valence-electron chi connectivity index (χ2n) is 8.70. The average Bonchev–Trinajstić information content (AvgIpc) is 2.73. The van der Waals surface area contributed by atoms with Gasteiger partial charge in [-0.25, -0.2) is 0 Å². The highest BCUT2D eigenvalue weighted by molar-refractivity contribution is 5.27. The summed E-state index contributed by atoms with van der Waals surface area (Å²) in [5, 5.41) is 10.8. The SMILES string of the molecule is C=C1CCC2=CC[C@@H](C(C)C)[C@]2(C)[C@@H]2C[C@](C)(O)C[C@H](C1)O2. The zero-order chi connectivity index (χ0) is 16.1. The van der Waals surface area contributed by atoms with Gasteiger partial charge in [0.05, 0.1) is 17.8 Å². The molecule has 0 unspecified atom stereocenters. The monoisotopic (exact) mass is 304 g/mol. The van der Waals surface area contributed by atoms with E-state index in [0.717, 1.165) is 38.5 Å². The van der Waals surface area contributed by atoms with Crippen LogP contribution in [0.3, 0.4) is 0 Å². The zero-order valence-corrected chi connectivity index (χ0v) is 14.7. The van der Waals surface area contributed by atoms with Crippen molar-refractivity contribution in [2.45, 2.75) is 84.0 Å². The largest absolute Gasteiger partial charge is 0.390 e. The quantitative estimate of drug-likeness (QED) is 0.715. The molecule has 0 aromatic rings. The summed E-state index contributed by atoms with van der Waals surface area (Å²) in [6.45, 7) is 13.3. The molecule has 124 valence electrons. The standard InChI is InChI=1S/C20H32O2/c1-13(2)17-9-8-15-7-6-14(3)10-16-11-19(4,21)12-18(22-16)20(15,17)5/h8,13,16-18,21H,3,6-7,9-12H2,1-2,4-5H3/t16-,17-,18-,19+,20+/m0/s1. The van der Waals surface area contributed by atoms with Crippen LogP contribution < -0.4 is 0 Å². The van der Waals surface area contributed by atoms with Crippen LogP contribution in [0.25, 0.3) is 0 Å². The van der Waals surface area contributed by atoms with Gasteiger partial charge in [-0.2, -0.15) is 0 Å². The van der Waals surface area contributed by atoms with Gasteiger partial charge in [0.2, 0.25) is 0 Å². The molecule has 2 saturated heterocycles. The number of hydrogen-bond acceptors (Lipinski definition) is 2. The normalized spacial score (nSPS) is 45.8. The second kappa shape index (κ2) is 5.49. The van der Waals surface area contributed by atoms with Crippen molar-refractivity contribution >= 4 is 0 Å². The third-order valence-corrected chi connectivity index (χ3v) is 6.47. The van der Waals surface area contributed by atoms with Crippen molar-refractivity contribution in [2.24, 2.45) is 17.3 Å². The Morgan fingerprint density at radius 1 is 1.27 bits per heavy atom. The van der Waals surface area contributed by atoms with Gasteiger partial charge in [-0.3, -0.25) is 0 Å². The fourth-order valence-corrected chi connectivity index (χ4v) is 5.26. The van der Waals surface area contributed by atoms with Crippen molar-refractivity contribution in [3.63, 3.8) is 0 Å². The maximum Gasteiger partial charge on any atom is 0.0699 e. The molecule has 2 heteroatoms. The first-order chi connectivity index (χ1) is 10.2. The Kier molecular flexibility index (Phi) is 4.06. The van der Waals surface area contributed by atoms with E-state index in [4.69, 9.17) is 4.74 Å². The first kappa shape index (κ1) is 16.3. The summed E-state index contributed by atoms with van der Waals surface area (Å²) in [5.41, 5.74) is 2.29. The molecule has 0 aromatic carbocycles. The van der Waals surface area contributed by atoms with Crippen molar-refractivity contribution in [3.05, 3.63) is 23.8 Å². The molecule has 0 aromatic heterocycles. The van der Waals surface area contributed by atoms with Crippen LogP contribution in [0, 0.1) is 17.3 Å². The summed E-state index contributed by atoms with van der Waals surface area (Å²) in [4.78, 5) is 0. The number of ether oxygens (including phenoxy) is 1. The van der Waals surface area contributed by atoms with Gasteiger partial charge in [0.25, 0.3) is 0 Å². The van der Waals surface area contributed by atoms with Crippen LogP contribution in [0.1, 0.15) is 66.2 Å². The highest BCUT2D eigenvalue weighted by Gasteiger charge is 2.53. The molecule has 2 bridgehead atoms. The van der Waals surface area contributed by atoms with Crippen LogP contribution in [-0.2, 0) is 4.74 Å². The third kappa shape index (κ3) is 2.69. The highest BCUT2D eigenvalue weighted by atomic mass is 16.5. The van der Waals surface area contributed by atoms with Crippen molar-refractivity contribution in [3.8, 4) is 0 Å². The van der Waals surface area contributed by atoms with Gasteiger partial charge < -0.3 is 9.84 Å². The van der Waals surface area contributed by atoms with E-state index in [9.17, 15) is 5.11 Å². The molecule has 5 atom stereocenters. The van der Waals surface area contributed by atoms with Crippen LogP contribution in [-0.4, -0.2) is 22.9 Å². The lowest BCUT2D eigenvalue weighted by atomic mass is 9.63. The van der Waals surface area contributed by atoms with E-state index < -0.39 is 5.60 Å². The van der Waals surface area contributed by atoms with Gasteiger partial charge in [0.15, 0.2) is 0 Å². The topological polar surface area (TPSA) is 29.5 Å².